The van der Waals surface area contributed by atoms with Crippen molar-refractivity contribution in [2.24, 2.45) is 7.05 Å². The molecule has 3 rings (SSSR count). The Kier molecular flexibility index (Phi) is 4.86. The second kappa shape index (κ2) is 6.88. The molecular weight excluding hydrogens is 380 g/mol. The predicted molar refractivity (Wildman–Crippen MR) is 92.8 cm³/mol. The van der Waals surface area contributed by atoms with E-state index in [1.165, 1.54) is 11.8 Å². The van der Waals surface area contributed by atoms with Crippen molar-refractivity contribution in [3.63, 3.8) is 0 Å². The molecule has 7 nitrogen and oxygen atoms in total. The van der Waals surface area contributed by atoms with Crippen LogP contribution in [0.2, 0.25) is 0 Å². The number of halogens is 1. The molecule has 1 aliphatic heterocycles. The normalized spacial score (nSPS) is 15.1. The van der Waals surface area contributed by atoms with Crippen LogP contribution in [0.25, 0.3) is 0 Å². The SMILES string of the molecule is CSc1ncc(Br)c(N2CCN(C(=O)c3cnn(C)c3)CC2)n1. The Bertz CT molecular complexity index is 713. The summed E-state index contributed by atoms with van der Waals surface area (Å²) in [6, 6.07) is 0. The Morgan fingerprint density at radius 3 is 2.61 bits per heavy atom. The number of anilines is 1. The summed E-state index contributed by atoms with van der Waals surface area (Å²) in [6.07, 6.45) is 7.10. The van der Waals surface area contributed by atoms with Crippen molar-refractivity contribution in [3.05, 3.63) is 28.6 Å². The van der Waals surface area contributed by atoms with Crippen LogP contribution in [-0.4, -0.2) is 63.0 Å². The van der Waals surface area contributed by atoms with E-state index in [9.17, 15) is 4.79 Å². The minimum Gasteiger partial charge on any atom is -0.352 e. The highest BCUT2D eigenvalue weighted by Crippen LogP contribution is 2.26. The Labute approximate surface area is 147 Å². The van der Waals surface area contributed by atoms with Crippen molar-refractivity contribution in [2.75, 3.05) is 37.3 Å². The summed E-state index contributed by atoms with van der Waals surface area (Å²) in [6.45, 7) is 2.82. The summed E-state index contributed by atoms with van der Waals surface area (Å²) >= 11 is 5.03. The summed E-state index contributed by atoms with van der Waals surface area (Å²) in [4.78, 5) is 25.3. The number of nitrogens with zero attached hydrogens (tertiary/aromatic N) is 6. The number of amides is 1. The van der Waals surface area contributed by atoms with Gasteiger partial charge < -0.3 is 9.80 Å². The molecule has 1 amide bonds. The zero-order valence-corrected chi connectivity index (χ0v) is 15.3. The number of aromatic nitrogens is 4. The Morgan fingerprint density at radius 2 is 2.00 bits per heavy atom. The van der Waals surface area contributed by atoms with Crippen LogP contribution in [0.15, 0.2) is 28.2 Å². The van der Waals surface area contributed by atoms with Crippen molar-refractivity contribution >= 4 is 39.4 Å². The highest BCUT2D eigenvalue weighted by Gasteiger charge is 2.24. The van der Waals surface area contributed by atoms with Gasteiger partial charge in [0.05, 0.1) is 16.2 Å². The third kappa shape index (κ3) is 3.50. The Morgan fingerprint density at radius 1 is 1.26 bits per heavy atom. The summed E-state index contributed by atoms with van der Waals surface area (Å²) < 4.78 is 2.52. The molecule has 0 N–H and O–H groups in total. The van der Waals surface area contributed by atoms with Crippen LogP contribution in [0.5, 0.6) is 0 Å². The lowest BCUT2D eigenvalue weighted by atomic mass is 10.2. The highest BCUT2D eigenvalue weighted by atomic mass is 79.9. The van der Waals surface area contributed by atoms with Crippen LogP contribution in [-0.2, 0) is 7.05 Å². The largest absolute Gasteiger partial charge is 0.352 e. The monoisotopic (exact) mass is 396 g/mol. The molecule has 0 spiro atoms. The van der Waals surface area contributed by atoms with E-state index in [0.29, 0.717) is 18.7 Å². The van der Waals surface area contributed by atoms with Crippen LogP contribution in [0.1, 0.15) is 10.4 Å². The molecule has 0 radical (unpaired) electrons. The van der Waals surface area contributed by atoms with Crippen molar-refractivity contribution in [1.29, 1.82) is 0 Å². The molecule has 1 aliphatic rings. The Hall–Kier alpha value is -1.61. The quantitative estimate of drug-likeness (QED) is 0.580. The molecule has 0 aromatic carbocycles. The maximum Gasteiger partial charge on any atom is 0.257 e. The van der Waals surface area contributed by atoms with Gasteiger partial charge in [0.2, 0.25) is 0 Å². The molecule has 2 aromatic rings. The minimum absolute atomic E-state index is 0.0318. The van der Waals surface area contributed by atoms with Gasteiger partial charge in [0, 0.05) is 45.6 Å². The lowest BCUT2D eigenvalue weighted by Crippen LogP contribution is -2.49. The molecule has 0 atom stereocenters. The van der Waals surface area contributed by atoms with Gasteiger partial charge in [-0.1, -0.05) is 11.8 Å². The zero-order chi connectivity index (χ0) is 16.4. The first-order valence-electron chi connectivity index (χ1n) is 7.18. The first-order chi connectivity index (χ1) is 11.1. The van der Waals surface area contributed by atoms with E-state index in [4.69, 9.17) is 0 Å². The molecule has 0 aliphatic carbocycles. The van der Waals surface area contributed by atoms with Crippen LogP contribution in [0.4, 0.5) is 5.82 Å². The molecule has 122 valence electrons. The van der Waals surface area contributed by atoms with Gasteiger partial charge in [0.1, 0.15) is 5.82 Å². The lowest BCUT2D eigenvalue weighted by molar-refractivity contribution is 0.0746. The molecule has 1 fully saturated rings. The van der Waals surface area contributed by atoms with E-state index < -0.39 is 0 Å². The van der Waals surface area contributed by atoms with Gasteiger partial charge in [0.25, 0.3) is 5.91 Å². The van der Waals surface area contributed by atoms with Gasteiger partial charge in [-0.2, -0.15) is 5.10 Å². The number of carbonyl (C=O) groups excluding carboxylic acids is 1. The van der Waals surface area contributed by atoms with Gasteiger partial charge in [-0.3, -0.25) is 9.48 Å². The summed E-state index contributed by atoms with van der Waals surface area (Å²) in [5.41, 5.74) is 0.633. The fraction of sp³-hybridized carbons (Fsp3) is 0.429. The second-order valence-electron chi connectivity index (χ2n) is 5.21. The molecule has 0 saturated carbocycles. The summed E-state index contributed by atoms with van der Waals surface area (Å²) in [5.74, 6) is 0.919. The van der Waals surface area contributed by atoms with Crippen LogP contribution in [0, 0.1) is 0 Å². The van der Waals surface area contributed by atoms with E-state index >= 15 is 0 Å². The smallest absolute Gasteiger partial charge is 0.257 e. The summed E-state index contributed by atoms with van der Waals surface area (Å²) in [7, 11) is 1.81. The highest BCUT2D eigenvalue weighted by molar-refractivity contribution is 9.10. The van der Waals surface area contributed by atoms with Crippen LogP contribution in [0.3, 0.4) is 0 Å². The topological polar surface area (TPSA) is 67.2 Å². The number of hydrogen-bond acceptors (Lipinski definition) is 6. The van der Waals surface area contributed by atoms with Crippen molar-refractivity contribution < 1.29 is 4.79 Å². The van der Waals surface area contributed by atoms with E-state index in [2.05, 4.69) is 35.9 Å². The van der Waals surface area contributed by atoms with Crippen LogP contribution >= 0.6 is 27.7 Å². The minimum atomic E-state index is 0.0318. The predicted octanol–water partition coefficient (Wildman–Crippen LogP) is 1.66. The standard InChI is InChI=1S/C14H17BrN6OS/c1-19-9-10(7-17-19)13(22)21-5-3-20(4-6-21)12-11(15)8-16-14(18-12)23-2/h7-9H,3-6H2,1-2H3. The van der Waals surface area contributed by atoms with E-state index in [1.54, 1.807) is 23.3 Å². The van der Waals surface area contributed by atoms with E-state index in [-0.39, 0.29) is 5.91 Å². The van der Waals surface area contributed by atoms with Crippen molar-refractivity contribution in [3.8, 4) is 0 Å². The zero-order valence-electron chi connectivity index (χ0n) is 12.9. The van der Waals surface area contributed by atoms with E-state index in [0.717, 1.165) is 28.5 Å². The molecule has 2 aromatic heterocycles. The first kappa shape index (κ1) is 16.3. The molecule has 0 unspecified atom stereocenters. The van der Waals surface area contributed by atoms with Gasteiger partial charge in [-0.25, -0.2) is 9.97 Å². The lowest BCUT2D eigenvalue weighted by Gasteiger charge is -2.35. The average Bonchev–Trinajstić information content (AvgIpc) is 3.01. The van der Waals surface area contributed by atoms with Crippen molar-refractivity contribution in [2.45, 2.75) is 5.16 Å². The molecule has 1 saturated heterocycles. The molecule has 9 heteroatoms. The maximum absolute atomic E-state index is 12.4. The summed E-state index contributed by atoms with van der Waals surface area (Å²) in [5, 5.41) is 4.81. The molecule has 0 bridgehead atoms. The fourth-order valence-corrected chi connectivity index (χ4v) is 3.28. The third-order valence-electron chi connectivity index (χ3n) is 3.70. The Balaban J connectivity index is 1.68. The fourth-order valence-electron chi connectivity index (χ4n) is 2.50. The van der Waals surface area contributed by atoms with Gasteiger partial charge >= 0.3 is 0 Å². The molecule has 23 heavy (non-hydrogen) atoms. The first-order valence-corrected chi connectivity index (χ1v) is 9.19. The number of aryl methyl sites for hydroxylation is 1. The van der Waals surface area contributed by atoms with Crippen molar-refractivity contribution in [1.82, 2.24) is 24.6 Å². The van der Waals surface area contributed by atoms with Gasteiger partial charge in [-0.05, 0) is 22.2 Å². The molecule has 3 heterocycles. The average molecular weight is 397 g/mol. The van der Waals surface area contributed by atoms with Crippen LogP contribution < -0.4 is 4.90 Å². The van der Waals surface area contributed by atoms with Gasteiger partial charge in [-0.15, -0.1) is 0 Å². The van der Waals surface area contributed by atoms with E-state index in [1.807, 2.05) is 18.2 Å². The number of carbonyl (C=O) groups is 1. The number of hydrogen-bond donors (Lipinski definition) is 0. The molecular formula is C14H17BrN6OS. The maximum atomic E-state index is 12.4. The number of rotatable bonds is 3. The number of thioether (sulfide) groups is 1. The third-order valence-corrected chi connectivity index (χ3v) is 4.83. The second-order valence-corrected chi connectivity index (χ2v) is 6.84. The number of piperazine rings is 1. The van der Waals surface area contributed by atoms with Gasteiger partial charge in [0.15, 0.2) is 5.16 Å².